The SMILES string of the molecule is CCCCCCOc1ccc(Br)cc1[C@@H](C)N. The van der Waals surface area contributed by atoms with Crippen molar-refractivity contribution in [1.29, 1.82) is 0 Å². The fraction of sp³-hybridized carbons (Fsp3) is 0.571. The minimum absolute atomic E-state index is 0.00172. The predicted octanol–water partition coefficient (Wildman–Crippen LogP) is 4.43. The van der Waals surface area contributed by atoms with Gasteiger partial charge >= 0.3 is 0 Å². The molecule has 0 saturated heterocycles. The van der Waals surface area contributed by atoms with Crippen LogP contribution < -0.4 is 10.5 Å². The molecule has 0 unspecified atom stereocenters. The Morgan fingerprint density at radius 2 is 2.06 bits per heavy atom. The van der Waals surface area contributed by atoms with Crippen LogP contribution in [-0.4, -0.2) is 6.61 Å². The molecule has 0 amide bonds. The quantitative estimate of drug-likeness (QED) is 0.756. The summed E-state index contributed by atoms with van der Waals surface area (Å²) in [5, 5.41) is 0. The van der Waals surface area contributed by atoms with Gasteiger partial charge in [0, 0.05) is 16.1 Å². The first-order chi connectivity index (χ1) is 8.15. The summed E-state index contributed by atoms with van der Waals surface area (Å²) in [6, 6.07) is 6.01. The van der Waals surface area contributed by atoms with E-state index in [-0.39, 0.29) is 6.04 Å². The summed E-state index contributed by atoms with van der Waals surface area (Å²) in [4.78, 5) is 0. The molecular formula is C14H22BrNO. The van der Waals surface area contributed by atoms with Crippen LogP contribution in [-0.2, 0) is 0 Å². The molecule has 0 bridgehead atoms. The highest BCUT2D eigenvalue weighted by atomic mass is 79.9. The fourth-order valence-electron chi connectivity index (χ4n) is 1.72. The van der Waals surface area contributed by atoms with Crippen molar-refractivity contribution in [2.45, 2.75) is 45.6 Å². The Balaban J connectivity index is 2.52. The van der Waals surface area contributed by atoms with Crippen molar-refractivity contribution in [2.24, 2.45) is 5.73 Å². The molecule has 2 nitrogen and oxygen atoms in total. The molecular weight excluding hydrogens is 278 g/mol. The molecule has 0 fully saturated rings. The summed E-state index contributed by atoms with van der Waals surface area (Å²) in [6.45, 7) is 4.97. The maximum Gasteiger partial charge on any atom is 0.124 e. The Morgan fingerprint density at radius 1 is 1.29 bits per heavy atom. The van der Waals surface area contributed by atoms with E-state index in [1.165, 1.54) is 19.3 Å². The van der Waals surface area contributed by atoms with Crippen molar-refractivity contribution in [3.05, 3.63) is 28.2 Å². The van der Waals surface area contributed by atoms with E-state index in [4.69, 9.17) is 10.5 Å². The highest BCUT2D eigenvalue weighted by Gasteiger charge is 2.08. The normalized spacial score (nSPS) is 12.5. The molecule has 0 radical (unpaired) electrons. The summed E-state index contributed by atoms with van der Waals surface area (Å²) in [7, 11) is 0. The molecule has 0 saturated carbocycles. The molecule has 0 spiro atoms. The number of benzene rings is 1. The highest BCUT2D eigenvalue weighted by Crippen LogP contribution is 2.27. The Hall–Kier alpha value is -0.540. The van der Waals surface area contributed by atoms with E-state index in [0.29, 0.717) is 0 Å². The van der Waals surface area contributed by atoms with Crippen molar-refractivity contribution < 1.29 is 4.74 Å². The lowest BCUT2D eigenvalue weighted by Gasteiger charge is -2.14. The van der Waals surface area contributed by atoms with Crippen molar-refractivity contribution in [3.8, 4) is 5.75 Å². The first kappa shape index (κ1) is 14.5. The van der Waals surface area contributed by atoms with E-state index < -0.39 is 0 Å². The Morgan fingerprint density at radius 3 is 2.71 bits per heavy atom. The van der Waals surface area contributed by atoms with E-state index in [0.717, 1.165) is 28.8 Å². The topological polar surface area (TPSA) is 35.2 Å². The molecule has 2 N–H and O–H groups in total. The van der Waals surface area contributed by atoms with Crippen LogP contribution in [0.2, 0.25) is 0 Å². The van der Waals surface area contributed by atoms with E-state index in [1.807, 2.05) is 25.1 Å². The van der Waals surface area contributed by atoms with Crippen molar-refractivity contribution >= 4 is 15.9 Å². The van der Waals surface area contributed by atoms with Gasteiger partial charge in [-0.15, -0.1) is 0 Å². The summed E-state index contributed by atoms with van der Waals surface area (Å²) in [6.07, 6.45) is 4.88. The van der Waals surface area contributed by atoms with Crippen LogP contribution in [0.1, 0.15) is 51.1 Å². The second-order valence-electron chi connectivity index (χ2n) is 4.38. The Labute approximate surface area is 113 Å². The molecule has 0 aliphatic rings. The molecule has 17 heavy (non-hydrogen) atoms. The van der Waals surface area contributed by atoms with Gasteiger partial charge in [0.25, 0.3) is 0 Å². The second kappa shape index (κ2) is 7.72. The number of nitrogens with two attached hydrogens (primary N) is 1. The molecule has 1 aromatic rings. The van der Waals surface area contributed by atoms with Crippen LogP contribution >= 0.6 is 15.9 Å². The molecule has 96 valence electrons. The first-order valence-electron chi connectivity index (χ1n) is 6.33. The van der Waals surface area contributed by atoms with Gasteiger partial charge in [-0.2, -0.15) is 0 Å². The Bertz CT molecular complexity index is 339. The first-order valence-corrected chi connectivity index (χ1v) is 7.12. The third kappa shape index (κ3) is 5.09. The van der Waals surface area contributed by atoms with Gasteiger partial charge < -0.3 is 10.5 Å². The zero-order chi connectivity index (χ0) is 12.7. The maximum absolute atomic E-state index is 5.93. The molecule has 1 rings (SSSR count). The summed E-state index contributed by atoms with van der Waals surface area (Å²) in [5.74, 6) is 0.916. The minimum Gasteiger partial charge on any atom is -0.493 e. The van der Waals surface area contributed by atoms with Gasteiger partial charge in [-0.05, 0) is 31.5 Å². The lowest BCUT2D eigenvalue weighted by atomic mass is 10.1. The van der Waals surface area contributed by atoms with Gasteiger partial charge in [0.05, 0.1) is 6.61 Å². The van der Waals surface area contributed by atoms with Crippen LogP contribution in [0.3, 0.4) is 0 Å². The monoisotopic (exact) mass is 299 g/mol. The lowest BCUT2D eigenvalue weighted by Crippen LogP contribution is -2.08. The van der Waals surface area contributed by atoms with Crippen molar-refractivity contribution in [1.82, 2.24) is 0 Å². The van der Waals surface area contributed by atoms with Crippen molar-refractivity contribution in [2.75, 3.05) is 6.61 Å². The number of rotatable bonds is 7. The van der Waals surface area contributed by atoms with Gasteiger partial charge in [0.2, 0.25) is 0 Å². The lowest BCUT2D eigenvalue weighted by molar-refractivity contribution is 0.300. The van der Waals surface area contributed by atoms with Gasteiger partial charge in [-0.1, -0.05) is 42.1 Å². The second-order valence-corrected chi connectivity index (χ2v) is 5.30. The molecule has 0 aliphatic carbocycles. The summed E-state index contributed by atoms with van der Waals surface area (Å²) in [5.41, 5.74) is 7.00. The average Bonchev–Trinajstić information content (AvgIpc) is 2.30. The predicted molar refractivity (Wildman–Crippen MR) is 76.4 cm³/mol. The van der Waals surface area contributed by atoms with Crippen LogP contribution in [0.4, 0.5) is 0 Å². The molecule has 0 aliphatic heterocycles. The molecule has 1 atom stereocenters. The maximum atomic E-state index is 5.93. The van der Waals surface area contributed by atoms with Gasteiger partial charge in [-0.25, -0.2) is 0 Å². The number of hydrogen-bond acceptors (Lipinski definition) is 2. The number of hydrogen-bond donors (Lipinski definition) is 1. The van der Waals surface area contributed by atoms with E-state index in [1.54, 1.807) is 0 Å². The van der Waals surface area contributed by atoms with E-state index in [2.05, 4.69) is 22.9 Å². The highest BCUT2D eigenvalue weighted by molar-refractivity contribution is 9.10. The van der Waals surface area contributed by atoms with Crippen LogP contribution in [0.5, 0.6) is 5.75 Å². The van der Waals surface area contributed by atoms with Crippen LogP contribution in [0.15, 0.2) is 22.7 Å². The average molecular weight is 300 g/mol. The van der Waals surface area contributed by atoms with E-state index in [9.17, 15) is 0 Å². The standard InChI is InChI=1S/C14H22BrNO/c1-3-4-5-6-9-17-14-8-7-12(15)10-13(14)11(2)16/h7-8,10-11H,3-6,9,16H2,1-2H3/t11-/m1/s1. The van der Waals surface area contributed by atoms with E-state index >= 15 is 0 Å². The van der Waals surface area contributed by atoms with Gasteiger partial charge in [0.15, 0.2) is 0 Å². The van der Waals surface area contributed by atoms with Gasteiger partial charge in [-0.3, -0.25) is 0 Å². The zero-order valence-corrected chi connectivity index (χ0v) is 12.3. The minimum atomic E-state index is -0.00172. The molecule has 0 aromatic heterocycles. The number of ether oxygens (including phenoxy) is 1. The third-order valence-electron chi connectivity index (χ3n) is 2.72. The van der Waals surface area contributed by atoms with Crippen LogP contribution in [0, 0.1) is 0 Å². The van der Waals surface area contributed by atoms with Gasteiger partial charge in [0.1, 0.15) is 5.75 Å². The van der Waals surface area contributed by atoms with Crippen LogP contribution in [0.25, 0.3) is 0 Å². The smallest absolute Gasteiger partial charge is 0.124 e. The molecule has 1 aromatic carbocycles. The summed E-state index contributed by atoms with van der Waals surface area (Å²) < 4.78 is 6.84. The largest absolute Gasteiger partial charge is 0.493 e. The molecule has 0 heterocycles. The number of halogens is 1. The Kier molecular flexibility index (Phi) is 6.60. The fourth-order valence-corrected chi connectivity index (χ4v) is 2.10. The molecule has 3 heteroatoms. The zero-order valence-electron chi connectivity index (χ0n) is 10.7. The summed E-state index contributed by atoms with van der Waals surface area (Å²) >= 11 is 3.46. The number of unbranched alkanes of at least 4 members (excludes halogenated alkanes) is 3. The van der Waals surface area contributed by atoms with Crippen molar-refractivity contribution in [3.63, 3.8) is 0 Å². The third-order valence-corrected chi connectivity index (χ3v) is 3.21.